The number of phenols is 1. The van der Waals surface area contributed by atoms with Gasteiger partial charge in [-0.15, -0.1) is 0 Å². The average Bonchev–Trinajstić information content (AvgIpc) is 1.85. The summed E-state index contributed by atoms with van der Waals surface area (Å²) in [6, 6.07) is 4.33. The largest absolute Gasteiger partial charge is 0.508 e. The number of primary amides is 1. The predicted octanol–water partition coefficient (Wildman–Crippen LogP) is 1.25. The van der Waals surface area contributed by atoms with Crippen LogP contribution >= 0.6 is 15.9 Å². The number of hydrogen-bond acceptors (Lipinski definition) is 2. The number of nitrogens with two attached hydrogens (primary N) is 1. The summed E-state index contributed by atoms with van der Waals surface area (Å²) in [4.78, 5) is 10.6. The van der Waals surface area contributed by atoms with Crippen LogP contribution in [0.1, 0.15) is 10.4 Å². The molecule has 1 amide bonds. The Morgan fingerprint density at radius 3 is 2.55 bits per heavy atom. The van der Waals surface area contributed by atoms with E-state index in [1.165, 1.54) is 12.1 Å². The molecular formula is C7H6BrNO2. The third-order valence-corrected chi connectivity index (χ3v) is 1.62. The van der Waals surface area contributed by atoms with Gasteiger partial charge in [-0.05, 0) is 18.2 Å². The fourth-order valence-corrected chi connectivity index (χ4v) is 1.20. The van der Waals surface area contributed by atoms with Crippen LogP contribution < -0.4 is 5.73 Å². The zero-order valence-electron chi connectivity index (χ0n) is 5.54. The molecule has 0 saturated carbocycles. The van der Waals surface area contributed by atoms with Crippen molar-refractivity contribution < 1.29 is 9.90 Å². The Kier molecular flexibility index (Phi) is 2.14. The highest BCUT2D eigenvalue weighted by Crippen LogP contribution is 2.19. The Bertz CT molecular complexity index is 278. The van der Waals surface area contributed by atoms with Gasteiger partial charge in [-0.25, -0.2) is 0 Å². The molecule has 11 heavy (non-hydrogen) atoms. The van der Waals surface area contributed by atoms with Crippen LogP contribution in [0.15, 0.2) is 22.7 Å². The van der Waals surface area contributed by atoms with Gasteiger partial charge < -0.3 is 10.8 Å². The van der Waals surface area contributed by atoms with Gasteiger partial charge in [0.2, 0.25) is 5.91 Å². The molecule has 0 atom stereocenters. The standard InChI is InChI=1S/C7H6BrNO2/c8-5-1-4(7(9)11)2-6(10)3-5/h1-3,10H,(H2,9,11). The Morgan fingerprint density at radius 2 is 2.09 bits per heavy atom. The Morgan fingerprint density at radius 1 is 1.45 bits per heavy atom. The second-order valence-corrected chi connectivity index (χ2v) is 2.98. The molecule has 1 aromatic carbocycles. The maximum absolute atomic E-state index is 10.6. The van der Waals surface area contributed by atoms with Crippen molar-refractivity contribution in [1.82, 2.24) is 0 Å². The van der Waals surface area contributed by atoms with Gasteiger partial charge in [0, 0.05) is 10.0 Å². The highest BCUT2D eigenvalue weighted by atomic mass is 79.9. The van der Waals surface area contributed by atoms with Crippen molar-refractivity contribution in [1.29, 1.82) is 0 Å². The molecular weight excluding hydrogens is 210 g/mol. The Labute approximate surface area is 72.0 Å². The van der Waals surface area contributed by atoms with E-state index in [0.29, 0.717) is 4.47 Å². The van der Waals surface area contributed by atoms with E-state index in [0.717, 1.165) is 0 Å². The zero-order chi connectivity index (χ0) is 8.43. The van der Waals surface area contributed by atoms with Gasteiger partial charge in [0.25, 0.3) is 0 Å². The molecule has 0 aliphatic rings. The number of phenolic OH excluding ortho intramolecular Hbond substituents is 1. The number of carbonyl (C=O) groups is 1. The highest BCUT2D eigenvalue weighted by Gasteiger charge is 2.02. The lowest BCUT2D eigenvalue weighted by atomic mass is 10.2. The molecule has 58 valence electrons. The second-order valence-electron chi connectivity index (χ2n) is 2.06. The maximum Gasteiger partial charge on any atom is 0.248 e. The molecule has 0 fully saturated rings. The molecule has 0 aliphatic carbocycles. The number of amides is 1. The SMILES string of the molecule is NC(=O)c1cc(O)cc(Br)c1. The topological polar surface area (TPSA) is 63.3 Å². The summed E-state index contributed by atoms with van der Waals surface area (Å²) in [5.74, 6) is -0.533. The Balaban J connectivity index is 3.19. The number of aromatic hydroxyl groups is 1. The van der Waals surface area contributed by atoms with Crippen molar-refractivity contribution in [3.63, 3.8) is 0 Å². The molecule has 0 saturated heterocycles. The van der Waals surface area contributed by atoms with Crippen LogP contribution in [-0.4, -0.2) is 11.0 Å². The number of hydrogen-bond donors (Lipinski definition) is 2. The number of rotatable bonds is 1. The van der Waals surface area contributed by atoms with Gasteiger partial charge in [0.15, 0.2) is 0 Å². The van der Waals surface area contributed by atoms with Gasteiger partial charge in [-0.2, -0.15) is 0 Å². The highest BCUT2D eigenvalue weighted by molar-refractivity contribution is 9.10. The molecule has 3 nitrogen and oxygen atoms in total. The lowest BCUT2D eigenvalue weighted by molar-refractivity contribution is 0.1000. The van der Waals surface area contributed by atoms with E-state index in [9.17, 15) is 4.79 Å². The van der Waals surface area contributed by atoms with Crippen molar-refractivity contribution in [2.45, 2.75) is 0 Å². The first kappa shape index (κ1) is 8.07. The van der Waals surface area contributed by atoms with Gasteiger partial charge in [0.05, 0.1) is 0 Å². The van der Waals surface area contributed by atoms with E-state index < -0.39 is 5.91 Å². The van der Waals surface area contributed by atoms with Crippen molar-refractivity contribution in [2.24, 2.45) is 5.73 Å². The molecule has 0 aliphatic heterocycles. The molecule has 0 unspecified atom stereocenters. The van der Waals surface area contributed by atoms with E-state index >= 15 is 0 Å². The average molecular weight is 216 g/mol. The lowest BCUT2D eigenvalue weighted by Crippen LogP contribution is -2.10. The molecule has 0 spiro atoms. The number of benzene rings is 1. The molecule has 3 N–H and O–H groups in total. The molecule has 0 aromatic heterocycles. The molecule has 0 bridgehead atoms. The van der Waals surface area contributed by atoms with Crippen LogP contribution in [0.25, 0.3) is 0 Å². The monoisotopic (exact) mass is 215 g/mol. The van der Waals surface area contributed by atoms with Crippen LogP contribution in [0.5, 0.6) is 5.75 Å². The van der Waals surface area contributed by atoms with E-state index in [4.69, 9.17) is 10.8 Å². The predicted molar refractivity (Wildman–Crippen MR) is 44.3 cm³/mol. The maximum atomic E-state index is 10.6. The van der Waals surface area contributed by atoms with Crippen LogP contribution in [0.2, 0.25) is 0 Å². The Hall–Kier alpha value is -1.03. The van der Waals surface area contributed by atoms with Crippen molar-refractivity contribution >= 4 is 21.8 Å². The minimum Gasteiger partial charge on any atom is -0.508 e. The fourth-order valence-electron chi connectivity index (χ4n) is 0.716. The summed E-state index contributed by atoms with van der Waals surface area (Å²) >= 11 is 3.11. The van der Waals surface area contributed by atoms with Crippen molar-refractivity contribution in [3.8, 4) is 5.75 Å². The molecule has 0 heterocycles. The molecule has 1 aromatic rings. The third kappa shape index (κ3) is 1.94. The van der Waals surface area contributed by atoms with E-state index in [1.54, 1.807) is 6.07 Å². The summed E-state index contributed by atoms with van der Waals surface area (Å²) in [6.45, 7) is 0. The van der Waals surface area contributed by atoms with Crippen molar-refractivity contribution in [3.05, 3.63) is 28.2 Å². The smallest absolute Gasteiger partial charge is 0.248 e. The van der Waals surface area contributed by atoms with Gasteiger partial charge in [-0.3, -0.25) is 4.79 Å². The normalized spacial score (nSPS) is 9.55. The lowest BCUT2D eigenvalue weighted by Gasteiger charge is -1.97. The summed E-state index contributed by atoms with van der Waals surface area (Å²) in [5, 5.41) is 9.01. The quantitative estimate of drug-likeness (QED) is 0.741. The molecule has 0 radical (unpaired) electrons. The minimum absolute atomic E-state index is 0.0215. The molecule has 1 rings (SSSR count). The minimum atomic E-state index is -0.554. The summed E-state index contributed by atoms with van der Waals surface area (Å²) in [6.07, 6.45) is 0. The first-order chi connectivity index (χ1) is 5.09. The third-order valence-electron chi connectivity index (χ3n) is 1.17. The zero-order valence-corrected chi connectivity index (χ0v) is 7.13. The van der Waals surface area contributed by atoms with Gasteiger partial charge in [-0.1, -0.05) is 15.9 Å². The van der Waals surface area contributed by atoms with Gasteiger partial charge in [0.1, 0.15) is 5.75 Å². The van der Waals surface area contributed by atoms with Crippen LogP contribution in [0, 0.1) is 0 Å². The van der Waals surface area contributed by atoms with E-state index in [2.05, 4.69) is 15.9 Å². The second kappa shape index (κ2) is 2.92. The van der Waals surface area contributed by atoms with Crippen LogP contribution in [0.3, 0.4) is 0 Å². The summed E-state index contributed by atoms with van der Waals surface area (Å²) < 4.78 is 0.631. The first-order valence-electron chi connectivity index (χ1n) is 2.89. The van der Waals surface area contributed by atoms with Gasteiger partial charge >= 0.3 is 0 Å². The number of halogens is 1. The number of carbonyl (C=O) groups excluding carboxylic acids is 1. The van der Waals surface area contributed by atoms with E-state index in [-0.39, 0.29) is 11.3 Å². The fraction of sp³-hybridized carbons (Fsp3) is 0. The summed E-state index contributed by atoms with van der Waals surface area (Å²) in [7, 11) is 0. The summed E-state index contributed by atoms with van der Waals surface area (Å²) in [5.41, 5.74) is 5.27. The van der Waals surface area contributed by atoms with Crippen LogP contribution in [-0.2, 0) is 0 Å². The molecule has 4 heteroatoms. The van der Waals surface area contributed by atoms with E-state index in [1.807, 2.05) is 0 Å². The first-order valence-corrected chi connectivity index (χ1v) is 3.68. The van der Waals surface area contributed by atoms with Crippen LogP contribution in [0.4, 0.5) is 0 Å². The van der Waals surface area contributed by atoms with Crippen molar-refractivity contribution in [2.75, 3.05) is 0 Å².